The molecule has 111 valence electrons. The van der Waals surface area contributed by atoms with Crippen LogP contribution in [0.2, 0.25) is 25.7 Å². The van der Waals surface area contributed by atoms with Crippen LogP contribution < -0.4 is 0 Å². The van der Waals surface area contributed by atoms with E-state index in [0.29, 0.717) is 0 Å². The van der Waals surface area contributed by atoms with E-state index in [0.717, 1.165) is 11.6 Å². The van der Waals surface area contributed by atoms with Crippen molar-refractivity contribution < 1.29 is 36.1 Å². The molecule has 0 saturated carbocycles. The normalized spacial score (nSPS) is 11.3. The van der Waals surface area contributed by atoms with Gasteiger partial charge >= 0.3 is 33.9 Å². The second kappa shape index (κ2) is 14.7. The van der Waals surface area contributed by atoms with Crippen molar-refractivity contribution >= 4 is 8.07 Å². The maximum atomic E-state index is 10.2. The third kappa shape index (κ3) is 13.7. The zero-order chi connectivity index (χ0) is 16.1. The SMILES string of the molecule is CC(O)(C[Si](C)(C)C)[c-]1cccc1.[C-]#[O+].[C-]#[O+].[C-]#[O+].[Mn]. The summed E-state index contributed by atoms with van der Waals surface area (Å²) in [4.78, 5) is 0. The Kier molecular flexibility index (Phi) is 20.2. The minimum atomic E-state index is -1.20. The predicted octanol–water partition coefficient (Wildman–Crippen LogP) is 2.84. The molecular weight excluding hydrogens is 315 g/mol. The number of hydrogen-bond donors (Lipinski definition) is 1. The van der Waals surface area contributed by atoms with Crippen LogP contribution in [0.4, 0.5) is 0 Å². The molecule has 0 aliphatic carbocycles. The molecule has 20 heavy (non-hydrogen) atoms. The van der Waals surface area contributed by atoms with E-state index in [1.165, 1.54) is 0 Å². The Labute approximate surface area is 132 Å². The molecule has 1 aromatic rings. The van der Waals surface area contributed by atoms with Gasteiger partial charge in [-0.15, -0.1) is 5.56 Å². The Hall–Kier alpha value is -0.734. The third-order valence-corrected chi connectivity index (χ3v) is 3.91. The summed E-state index contributed by atoms with van der Waals surface area (Å²) in [5.74, 6) is 0. The molecule has 0 aliphatic heterocycles. The average molecular weight is 334 g/mol. The Morgan fingerprint density at radius 3 is 1.55 bits per heavy atom. The van der Waals surface area contributed by atoms with Gasteiger partial charge in [0, 0.05) is 30.7 Å². The summed E-state index contributed by atoms with van der Waals surface area (Å²) < 4.78 is 22.5. The largest absolute Gasteiger partial charge is 0 e. The molecular formula is C14H19MnO4Si-. The smallest absolute Gasteiger partial charge is 0 e. The zero-order valence-electron chi connectivity index (χ0n) is 12.1. The van der Waals surface area contributed by atoms with E-state index in [1.807, 2.05) is 31.2 Å². The Bertz CT molecular complexity index is 358. The Morgan fingerprint density at radius 2 is 1.30 bits per heavy atom. The van der Waals surface area contributed by atoms with Crippen LogP contribution in [0, 0.1) is 20.0 Å². The van der Waals surface area contributed by atoms with E-state index in [4.69, 9.17) is 14.0 Å². The molecule has 0 aromatic heterocycles. The van der Waals surface area contributed by atoms with Crippen molar-refractivity contribution in [1.29, 1.82) is 0 Å². The van der Waals surface area contributed by atoms with Crippen molar-refractivity contribution in [2.24, 2.45) is 0 Å². The van der Waals surface area contributed by atoms with Crippen molar-refractivity contribution in [2.75, 3.05) is 0 Å². The minimum Gasteiger partial charge on any atom is 0 e. The monoisotopic (exact) mass is 334 g/mol. The molecule has 1 rings (SSSR count). The van der Waals surface area contributed by atoms with Gasteiger partial charge in [-0.2, -0.15) is 12.1 Å². The molecule has 1 radical (unpaired) electrons. The quantitative estimate of drug-likeness (QED) is 0.515. The van der Waals surface area contributed by atoms with Crippen LogP contribution in [0.15, 0.2) is 24.3 Å². The molecule has 0 saturated heterocycles. The van der Waals surface area contributed by atoms with Gasteiger partial charge in [0.15, 0.2) is 0 Å². The molecule has 1 aromatic carbocycles. The van der Waals surface area contributed by atoms with E-state index in [1.54, 1.807) is 0 Å². The van der Waals surface area contributed by atoms with E-state index in [2.05, 4.69) is 39.6 Å². The van der Waals surface area contributed by atoms with Gasteiger partial charge in [0.05, 0.1) is 0 Å². The maximum absolute atomic E-state index is 10.2. The van der Waals surface area contributed by atoms with Gasteiger partial charge in [0.1, 0.15) is 0 Å². The third-order valence-electron chi connectivity index (χ3n) is 2.16. The van der Waals surface area contributed by atoms with Gasteiger partial charge in [-0.3, -0.25) is 0 Å². The molecule has 1 atom stereocenters. The summed E-state index contributed by atoms with van der Waals surface area (Å²) >= 11 is 0. The van der Waals surface area contributed by atoms with Crippen molar-refractivity contribution in [3.05, 3.63) is 49.8 Å². The summed E-state index contributed by atoms with van der Waals surface area (Å²) in [7, 11) is -1.20. The standard InChI is InChI=1S/C11H19OSi.3CO.Mn/c1-11(12,9-13(2,3)4)10-7-5-6-8-10;3*1-2;/h5-8,12H,9H2,1-4H3;;;;/q-1;;;;. The molecule has 4 nitrogen and oxygen atoms in total. The van der Waals surface area contributed by atoms with E-state index in [9.17, 15) is 5.11 Å². The van der Waals surface area contributed by atoms with Gasteiger partial charge in [-0.05, 0) is 13.0 Å². The first-order chi connectivity index (χ1) is 8.81. The summed E-state index contributed by atoms with van der Waals surface area (Å²) in [6.07, 6.45) is 0. The molecule has 0 fully saturated rings. The second-order valence-corrected chi connectivity index (χ2v) is 10.7. The molecule has 0 spiro atoms. The molecule has 6 heteroatoms. The van der Waals surface area contributed by atoms with Crippen LogP contribution in [0.25, 0.3) is 0 Å². The van der Waals surface area contributed by atoms with Crippen LogP contribution in [0.3, 0.4) is 0 Å². The van der Waals surface area contributed by atoms with Gasteiger partial charge in [-0.25, -0.2) is 12.1 Å². The first-order valence-electron chi connectivity index (χ1n) is 5.37. The van der Waals surface area contributed by atoms with Gasteiger partial charge in [0.2, 0.25) is 0 Å². The first kappa shape index (κ1) is 27.6. The molecule has 0 heterocycles. The van der Waals surface area contributed by atoms with E-state index >= 15 is 0 Å². The fraction of sp³-hybridized carbons (Fsp3) is 0.429. The second-order valence-electron chi connectivity index (χ2n) is 5.18. The maximum Gasteiger partial charge on any atom is 0 e. The summed E-state index contributed by atoms with van der Waals surface area (Å²) in [5.41, 5.74) is 0.420. The average Bonchev–Trinajstić information content (AvgIpc) is 2.88. The van der Waals surface area contributed by atoms with Gasteiger partial charge < -0.3 is 5.11 Å². The topological polar surface area (TPSA) is 79.9 Å². The number of aliphatic hydroxyl groups is 1. The van der Waals surface area contributed by atoms with Crippen molar-refractivity contribution in [3.63, 3.8) is 0 Å². The fourth-order valence-corrected chi connectivity index (χ4v) is 4.14. The van der Waals surface area contributed by atoms with Gasteiger partial charge in [-0.1, -0.05) is 19.6 Å². The Balaban J connectivity index is -0.000000162. The predicted molar refractivity (Wildman–Crippen MR) is 71.5 cm³/mol. The van der Waals surface area contributed by atoms with Crippen LogP contribution in [-0.2, 0) is 36.6 Å². The molecule has 1 N–H and O–H groups in total. The summed E-state index contributed by atoms with van der Waals surface area (Å²) in [5, 5.41) is 10.2. The fourth-order valence-electron chi connectivity index (χ4n) is 1.87. The van der Waals surface area contributed by atoms with Crippen LogP contribution >= 0.6 is 0 Å². The summed E-state index contributed by atoms with van der Waals surface area (Å²) in [6, 6.07) is 8.88. The Morgan fingerprint density at radius 1 is 1.00 bits per heavy atom. The van der Waals surface area contributed by atoms with Crippen LogP contribution in [0.1, 0.15) is 12.5 Å². The van der Waals surface area contributed by atoms with Crippen molar-refractivity contribution in [3.8, 4) is 0 Å². The molecule has 0 amide bonds. The minimum absolute atomic E-state index is 0. The molecule has 0 aliphatic rings. The van der Waals surface area contributed by atoms with Crippen molar-refractivity contribution in [1.82, 2.24) is 0 Å². The number of hydrogen-bond acceptors (Lipinski definition) is 1. The first-order valence-corrected chi connectivity index (χ1v) is 9.08. The van der Waals surface area contributed by atoms with E-state index < -0.39 is 13.7 Å². The van der Waals surface area contributed by atoms with E-state index in [-0.39, 0.29) is 17.1 Å². The molecule has 1 unspecified atom stereocenters. The molecule has 0 bridgehead atoms. The van der Waals surface area contributed by atoms with Crippen LogP contribution in [-0.4, -0.2) is 13.2 Å². The zero-order valence-corrected chi connectivity index (χ0v) is 14.2. The summed E-state index contributed by atoms with van der Waals surface area (Å²) in [6.45, 7) is 22.3. The number of rotatable bonds is 3. The van der Waals surface area contributed by atoms with Crippen LogP contribution in [0.5, 0.6) is 0 Å². The van der Waals surface area contributed by atoms with Crippen molar-refractivity contribution in [2.45, 2.75) is 38.2 Å². The van der Waals surface area contributed by atoms with Gasteiger partial charge in [0.25, 0.3) is 0 Å².